The first-order chi connectivity index (χ1) is 8.95. The van der Waals surface area contributed by atoms with Gasteiger partial charge in [0.25, 0.3) is 5.91 Å². The number of anilines is 1. The number of amides is 1. The lowest BCUT2D eigenvalue weighted by Crippen LogP contribution is -2.43. The molecule has 5 heteroatoms. The van der Waals surface area contributed by atoms with Crippen molar-refractivity contribution in [2.24, 2.45) is 5.73 Å². The van der Waals surface area contributed by atoms with E-state index in [1.807, 2.05) is 12.1 Å². The van der Waals surface area contributed by atoms with Crippen LogP contribution in [-0.4, -0.2) is 24.5 Å². The van der Waals surface area contributed by atoms with Crippen LogP contribution in [0.4, 0.5) is 5.69 Å². The van der Waals surface area contributed by atoms with E-state index in [4.69, 9.17) is 5.73 Å². The number of carbonyl (C=O) groups is 2. The smallest absolute Gasteiger partial charge is 0.332 e. The summed E-state index contributed by atoms with van der Waals surface area (Å²) < 4.78 is 4.69. The molecule has 0 fully saturated rings. The van der Waals surface area contributed by atoms with Gasteiger partial charge in [0.15, 0.2) is 6.04 Å². The lowest BCUT2D eigenvalue weighted by atomic mass is 10.0. The molecule has 3 N–H and O–H groups in total. The Morgan fingerprint density at radius 3 is 2.32 bits per heavy atom. The third-order valence-electron chi connectivity index (χ3n) is 2.67. The van der Waals surface area contributed by atoms with Gasteiger partial charge in [-0.05, 0) is 30.5 Å². The zero-order valence-corrected chi connectivity index (χ0v) is 11.5. The molecule has 0 aliphatic rings. The van der Waals surface area contributed by atoms with Gasteiger partial charge in [-0.3, -0.25) is 4.79 Å². The van der Waals surface area contributed by atoms with E-state index in [-0.39, 0.29) is 6.61 Å². The topological polar surface area (TPSA) is 81.4 Å². The number of carbonyl (C=O) groups excluding carboxylic acids is 2. The second kappa shape index (κ2) is 6.89. The molecule has 104 valence electrons. The molecule has 0 spiro atoms. The summed E-state index contributed by atoms with van der Waals surface area (Å²) >= 11 is 0. The predicted octanol–water partition coefficient (Wildman–Crippen LogP) is 1.64. The van der Waals surface area contributed by atoms with Crippen LogP contribution in [0.3, 0.4) is 0 Å². The van der Waals surface area contributed by atoms with Crippen LogP contribution in [-0.2, 0) is 14.3 Å². The first kappa shape index (κ1) is 15.2. The molecule has 0 saturated heterocycles. The van der Waals surface area contributed by atoms with Gasteiger partial charge in [0, 0.05) is 5.69 Å². The van der Waals surface area contributed by atoms with Gasteiger partial charge in [-0.25, -0.2) is 4.79 Å². The van der Waals surface area contributed by atoms with Gasteiger partial charge >= 0.3 is 5.97 Å². The highest BCUT2D eigenvalue weighted by molar-refractivity contribution is 6.08. The summed E-state index contributed by atoms with van der Waals surface area (Å²) in [7, 11) is 0. The van der Waals surface area contributed by atoms with E-state index in [0.29, 0.717) is 11.6 Å². The van der Waals surface area contributed by atoms with Crippen LogP contribution in [0, 0.1) is 0 Å². The standard InChI is InChI=1S/C14H20N2O3/c1-4-19-14(18)12(15)13(17)16-11-7-5-10(6-8-11)9(2)3/h5-9,12H,4,15H2,1-3H3,(H,16,17). The molecular formula is C14H20N2O3. The van der Waals surface area contributed by atoms with Crippen molar-refractivity contribution in [2.75, 3.05) is 11.9 Å². The van der Waals surface area contributed by atoms with Crippen LogP contribution in [0.1, 0.15) is 32.3 Å². The fourth-order valence-corrected chi connectivity index (χ4v) is 1.51. The quantitative estimate of drug-likeness (QED) is 0.625. The van der Waals surface area contributed by atoms with Gasteiger partial charge in [0.2, 0.25) is 0 Å². The minimum absolute atomic E-state index is 0.197. The number of esters is 1. The molecule has 1 aromatic carbocycles. The van der Waals surface area contributed by atoms with Crippen molar-refractivity contribution in [3.05, 3.63) is 29.8 Å². The van der Waals surface area contributed by atoms with Gasteiger partial charge in [-0.15, -0.1) is 0 Å². The number of nitrogens with two attached hydrogens (primary N) is 1. The number of benzene rings is 1. The number of rotatable bonds is 5. The van der Waals surface area contributed by atoms with Crippen molar-refractivity contribution < 1.29 is 14.3 Å². The summed E-state index contributed by atoms with van der Waals surface area (Å²) in [6.45, 7) is 6.03. The predicted molar refractivity (Wildman–Crippen MR) is 73.8 cm³/mol. The van der Waals surface area contributed by atoms with E-state index in [1.165, 1.54) is 5.56 Å². The minimum Gasteiger partial charge on any atom is -0.464 e. The third kappa shape index (κ3) is 4.37. The SMILES string of the molecule is CCOC(=O)C(N)C(=O)Nc1ccc(C(C)C)cc1. The van der Waals surface area contributed by atoms with Crippen LogP contribution in [0.25, 0.3) is 0 Å². The van der Waals surface area contributed by atoms with Crippen LogP contribution < -0.4 is 11.1 Å². The lowest BCUT2D eigenvalue weighted by Gasteiger charge is -2.12. The second-order valence-electron chi connectivity index (χ2n) is 4.50. The fraction of sp³-hybridized carbons (Fsp3) is 0.429. The maximum absolute atomic E-state index is 11.7. The van der Waals surface area contributed by atoms with Crippen molar-refractivity contribution in [1.29, 1.82) is 0 Å². The largest absolute Gasteiger partial charge is 0.464 e. The van der Waals surface area contributed by atoms with Crippen LogP contribution in [0.15, 0.2) is 24.3 Å². The van der Waals surface area contributed by atoms with Crippen LogP contribution >= 0.6 is 0 Å². The molecule has 0 saturated carbocycles. The van der Waals surface area contributed by atoms with Crippen LogP contribution in [0.5, 0.6) is 0 Å². The Balaban J connectivity index is 2.64. The van der Waals surface area contributed by atoms with Gasteiger partial charge in [0.05, 0.1) is 6.61 Å². The third-order valence-corrected chi connectivity index (χ3v) is 2.67. The molecule has 1 rings (SSSR count). The molecule has 0 aliphatic carbocycles. The Labute approximate surface area is 113 Å². The molecule has 5 nitrogen and oxygen atoms in total. The Bertz CT molecular complexity index is 441. The zero-order chi connectivity index (χ0) is 14.4. The molecule has 0 aliphatic heterocycles. The van der Waals surface area contributed by atoms with E-state index in [0.717, 1.165) is 0 Å². The Morgan fingerprint density at radius 2 is 1.84 bits per heavy atom. The molecule has 0 heterocycles. The Morgan fingerprint density at radius 1 is 1.26 bits per heavy atom. The van der Waals surface area contributed by atoms with Crippen molar-refractivity contribution in [2.45, 2.75) is 32.7 Å². The number of ether oxygens (including phenoxy) is 1. The van der Waals surface area contributed by atoms with E-state index < -0.39 is 17.9 Å². The second-order valence-corrected chi connectivity index (χ2v) is 4.50. The summed E-state index contributed by atoms with van der Waals surface area (Å²) in [6.07, 6.45) is 0. The maximum atomic E-state index is 11.7. The molecule has 1 unspecified atom stereocenters. The highest BCUT2D eigenvalue weighted by Gasteiger charge is 2.23. The fourth-order valence-electron chi connectivity index (χ4n) is 1.51. The van der Waals surface area contributed by atoms with Crippen LogP contribution in [0.2, 0.25) is 0 Å². The Kier molecular flexibility index (Phi) is 5.51. The molecule has 0 aromatic heterocycles. The zero-order valence-electron chi connectivity index (χ0n) is 11.5. The molecule has 1 amide bonds. The average Bonchev–Trinajstić information content (AvgIpc) is 2.38. The average molecular weight is 264 g/mol. The molecule has 19 heavy (non-hydrogen) atoms. The summed E-state index contributed by atoms with van der Waals surface area (Å²) in [4.78, 5) is 23.0. The summed E-state index contributed by atoms with van der Waals surface area (Å²) in [5, 5.41) is 2.58. The number of nitrogens with one attached hydrogen (secondary N) is 1. The molecule has 0 radical (unpaired) electrons. The van der Waals surface area contributed by atoms with Gasteiger partial charge in [0.1, 0.15) is 0 Å². The van der Waals surface area contributed by atoms with E-state index in [9.17, 15) is 9.59 Å². The summed E-state index contributed by atoms with van der Waals surface area (Å²) in [5.41, 5.74) is 7.27. The summed E-state index contributed by atoms with van der Waals surface area (Å²) in [5.74, 6) is -0.874. The first-order valence-electron chi connectivity index (χ1n) is 6.28. The molecule has 1 aromatic rings. The van der Waals surface area contributed by atoms with E-state index in [1.54, 1.807) is 19.1 Å². The normalized spacial score (nSPS) is 12.1. The van der Waals surface area contributed by atoms with Crippen molar-refractivity contribution >= 4 is 17.6 Å². The van der Waals surface area contributed by atoms with E-state index >= 15 is 0 Å². The van der Waals surface area contributed by atoms with Gasteiger partial charge in [-0.1, -0.05) is 26.0 Å². The van der Waals surface area contributed by atoms with E-state index in [2.05, 4.69) is 23.9 Å². The Hall–Kier alpha value is -1.88. The number of hydrogen-bond donors (Lipinski definition) is 2. The monoisotopic (exact) mass is 264 g/mol. The lowest BCUT2D eigenvalue weighted by molar-refractivity contribution is -0.146. The highest BCUT2D eigenvalue weighted by Crippen LogP contribution is 2.17. The maximum Gasteiger partial charge on any atom is 0.332 e. The molecule has 1 atom stereocenters. The molecular weight excluding hydrogens is 244 g/mol. The van der Waals surface area contributed by atoms with Crippen molar-refractivity contribution in [3.63, 3.8) is 0 Å². The van der Waals surface area contributed by atoms with Crippen molar-refractivity contribution in [3.8, 4) is 0 Å². The van der Waals surface area contributed by atoms with Crippen molar-refractivity contribution in [1.82, 2.24) is 0 Å². The van der Waals surface area contributed by atoms with Gasteiger partial charge in [-0.2, -0.15) is 0 Å². The minimum atomic E-state index is -1.30. The first-order valence-corrected chi connectivity index (χ1v) is 6.28. The number of hydrogen-bond acceptors (Lipinski definition) is 4. The van der Waals surface area contributed by atoms with Gasteiger partial charge < -0.3 is 15.8 Å². The summed E-state index contributed by atoms with van der Waals surface area (Å²) in [6, 6.07) is 6.12. The highest BCUT2D eigenvalue weighted by atomic mass is 16.5. The molecule has 0 bridgehead atoms.